The van der Waals surface area contributed by atoms with Crippen molar-refractivity contribution >= 4 is 40.4 Å². The Morgan fingerprint density at radius 3 is 2.38 bits per heavy atom. The zero-order valence-corrected chi connectivity index (χ0v) is 29.9. The van der Waals surface area contributed by atoms with Crippen LogP contribution >= 0.6 is 11.8 Å². The van der Waals surface area contributed by atoms with Gasteiger partial charge in [0.1, 0.15) is 17.1 Å². The number of unbranched alkanes of at least 4 members (excludes halogenated alkanes) is 2. The van der Waals surface area contributed by atoms with Gasteiger partial charge in [0.15, 0.2) is 0 Å². The maximum Gasteiger partial charge on any atom is 0.245 e. The van der Waals surface area contributed by atoms with E-state index in [9.17, 15) is 14.4 Å². The van der Waals surface area contributed by atoms with Gasteiger partial charge in [0.05, 0.1) is 6.04 Å². The first-order valence-electron chi connectivity index (χ1n) is 17.5. The molecule has 1 aliphatic heterocycles. The van der Waals surface area contributed by atoms with E-state index >= 15 is 0 Å². The van der Waals surface area contributed by atoms with Gasteiger partial charge >= 0.3 is 0 Å². The van der Waals surface area contributed by atoms with Crippen molar-refractivity contribution in [2.45, 2.75) is 93.0 Å². The molecule has 12 heteroatoms. The number of aromatic nitrogens is 2. The van der Waals surface area contributed by atoms with E-state index in [1.807, 2.05) is 67.7 Å². The van der Waals surface area contributed by atoms with E-state index in [1.165, 1.54) is 4.90 Å². The second kappa shape index (κ2) is 18.1. The molecule has 0 spiro atoms. The number of nitrogens with one attached hydrogen (secondary N) is 4. The Labute approximate surface area is 298 Å². The molecule has 50 heavy (non-hydrogen) atoms. The summed E-state index contributed by atoms with van der Waals surface area (Å²) in [6, 6.07) is 15.6. The lowest BCUT2D eigenvalue weighted by Gasteiger charge is -2.32. The number of benzene rings is 2. The van der Waals surface area contributed by atoms with Crippen molar-refractivity contribution in [2.24, 2.45) is 11.5 Å². The van der Waals surface area contributed by atoms with Crippen LogP contribution in [0.2, 0.25) is 0 Å². The molecule has 3 amide bonds. The predicted molar refractivity (Wildman–Crippen MR) is 198 cm³/mol. The highest BCUT2D eigenvalue weighted by atomic mass is 32.2. The minimum Gasteiger partial charge on any atom is -0.361 e. The molecule has 8 N–H and O–H groups in total. The molecule has 11 nitrogen and oxygen atoms in total. The molecule has 0 saturated carbocycles. The van der Waals surface area contributed by atoms with Crippen molar-refractivity contribution in [3.8, 4) is 0 Å². The van der Waals surface area contributed by atoms with Gasteiger partial charge in [-0.2, -0.15) is 0 Å². The monoisotopic (exact) mass is 698 g/mol. The van der Waals surface area contributed by atoms with E-state index in [0.29, 0.717) is 45.3 Å². The van der Waals surface area contributed by atoms with Crippen LogP contribution < -0.4 is 27.4 Å². The number of fused-ring (bicyclic) bond motifs is 3. The fraction of sp³-hybridized carbons (Fsp3) is 0.421. The normalized spacial score (nSPS) is 19.4. The Morgan fingerprint density at radius 2 is 1.60 bits per heavy atom. The van der Waals surface area contributed by atoms with E-state index < -0.39 is 18.1 Å². The van der Waals surface area contributed by atoms with Crippen molar-refractivity contribution in [1.82, 2.24) is 30.8 Å². The van der Waals surface area contributed by atoms with E-state index in [0.717, 1.165) is 55.9 Å². The Hall–Kier alpha value is -4.23. The molecule has 266 valence electrons. The minimum absolute atomic E-state index is 0.261. The zero-order chi connectivity index (χ0) is 35.5. The standard InChI is InChI=1S/C38H50N8O3S/c1-25-11-9-12-26-22-44-36(48)33(21-28-24-42-30-15-4-3-14-29(28)30)46(2)38(49)32(17-6-8-19-40)45-35(47)31(16-5-7-18-39)43-23-27-13-10-20-41-37(27)50-34(25)26/h3-4,9-15,20,24,31-33,42-43H,5-8,16-19,21-23,39-40H2,1-2H3,(H,44,48)(H,45,47)/t31-,32-,33-/m0/s1. The molecule has 3 heterocycles. The number of carbonyl (C=O) groups excluding carboxylic acids is 3. The molecule has 0 bridgehead atoms. The number of nitrogens with two attached hydrogens (primary N) is 2. The predicted octanol–water partition coefficient (Wildman–Crippen LogP) is 3.92. The maximum atomic E-state index is 14.4. The van der Waals surface area contributed by atoms with Crippen LogP contribution in [0.4, 0.5) is 0 Å². The second-order valence-electron chi connectivity index (χ2n) is 12.9. The van der Waals surface area contributed by atoms with E-state index in [-0.39, 0.29) is 30.7 Å². The number of rotatable bonds is 10. The van der Waals surface area contributed by atoms with Gasteiger partial charge in [-0.1, -0.05) is 60.6 Å². The first-order valence-corrected chi connectivity index (χ1v) is 18.4. The minimum atomic E-state index is -0.840. The summed E-state index contributed by atoms with van der Waals surface area (Å²) in [5.41, 5.74) is 16.5. The molecule has 2 aromatic carbocycles. The molecule has 0 unspecified atom stereocenters. The fourth-order valence-electron chi connectivity index (χ4n) is 6.43. The molecule has 3 atom stereocenters. The van der Waals surface area contributed by atoms with E-state index in [1.54, 1.807) is 25.0 Å². The van der Waals surface area contributed by atoms with Crippen molar-refractivity contribution in [1.29, 1.82) is 0 Å². The molecule has 2 aromatic heterocycles. The number of para-hydroxylation sites is 1. The number of aryl methyl sites for hydroxylation is 1. The molecule has 0 radical (unpaired) electrons. The van der Waals surface area contributed by atoms with Gasteiger partial charge in [0.2, 0.25) is 17.7 Å². The third kappa shape index (κ3) is 9.30. The topological polar surface area (TPSA) is 171 Å². The number of H-pyrrole nitrogens is 1. The summed E-state index contributed by atoms with van der Waals surface area (Å²) >= 11 is 1.55. The summed E-state index contributed by atoms with van der Waals surface area (Å²) < 4.78 is 0. The van der Waals surface area contributed by atoms with Crippen LogP contribution in [0, 0.1) is 6.92 Å². The van der Waals surface area contributed by atoms with Gasteiger partial charge in [-0.3, -0.25) is 14.4 Å². The van der Waals surface area contributed by atoms with Crippen LogP contribution in [0.3, 0.4) is 0 Å². The quantitative estimate of drug-likeness (QED) is 0.135. The number of hydrogen-bond donors (Lipinski definition) is 6. The molecule has 0 aliphatic carbocycles. The average Bonchev–Trinajstić information content (AvgIpc) is 3.54. The van der Waals surface area contributed by atoms with Gasteiger partial charge in [-0.05, 0) is 86.5 Å². The van der Waals surface area contributed by atoms with Crippen LogP contribution in [-0.4, -0.2) is 70.9 Å². The molecule has 1 aliphatic rings. The average molecular weight is 699 g/mol. The molecule has 4 aromatic rings. The van der Waals surface area contributed by atoms with Gasteiger partial charge in [0, 0.05) is 54.8 Å². The second-order valence-corrected chi connectivity index (χ2v) is 13.9. The first kappa shape index (κ1) is 37.0. The lowest BCUT2D eigenvalue weighted by molar-refractivity contribution is -0.142. The molecule has 0 fully saturated rings. The van der Waals surface area contributed by atoms with Gasteiger partial charge in [0.25, 0.3) is 0 Å². The molecule has 0 saturated heterocycles. The Balaban J connectivity index is 1.55. The summed E-state index contributed by atoms with van der Waals surface area (Å²) in [5.74, 6) is -0.857. The lowest BCUT2D eigenvalue weighted by atomic mass is 10.0. The summed E-state index contributed by atoms with van der Waals surface area (Å²) in [6.45, 7) is 3.74. The largest absolute Gasteiger partial charge is 0.361 e. The van der Waals surface area contributed by atoms with Crippen LogP contribution in [0.15, 0.2) is 76.9 Å². The van der Waals surface area contributed by atoms with Crippen LogP contribution in [0.25, 0.3) is 10.9 Å². The number of likely N-dealkylation sites (N-methyl/N-ethyl adjacent to an activating group) is 1. The highest BCUT2D eigenvalue weighted by Gasteiger charge is 2.34. The summed E-state index contributed by atoms with van der Waals surface area (Å²) in [7, 11) is 1.66. The Morgan fingerprint density at radius 1 is 0.860 bits per heavy atom. The summed E-state index contributed by atoms with van der Waals surface area (Å²) in [4.78, 5) is 53.2. The SMILES string of the molecule is Cc1cccc2c1Sc1ncccc1CN[C@@H](CCCCN)C(=O)N[C@@H](CCCCN)C(=O)N(C)[C@@H](Cc1c[nH]c3ccccc13)C(=O)NC2. The number of pyridine rings is 1. The van der Waals surface area contributed by atoms with Crippen LogP contribution in [-0.2, 0) is 33.9 Å². The molecular formula is C38H50N8O3S. The molecular weight excluding hydrogens is 649 g/mol. The smallest absolute Gasteiger partial charge is 0.245 e. The van der Waals surface area contributed by atoms with Crippen molar-refractivity contribution in [3.05, 3.63) is 89.2 Å². The van der Waals surface area contributed by atoms with Crippen LogP contribution in [0.1, 0.15) is 60.8 Å². The number of aromatic amines is 1. The highest BCUT2D eigenvalue weighted by Crippen LogP contribution is 2.34. The van der Waals surface area contributed by atoms with E-state index in [2.05, 4.69) is 20.9 Å². The van der Waals surface area contributed by atoms with Gasteiger partial charge in [-0.15, -0.1) is 0 Å². The lowest BCUT2D eigenvalue weighted by Crippen LogP contribution is -2.57. The van der Waals surface area contributed by atoms with Crippen molar-refractivity contribution < 1.29 is 14.4 Å². The Bertz CT molecular complexity index is 1760. The first-order chi connectivity index (χ1) is 24.3. The third-order valence-corrected chi connectivity index (χ3v) is 10.7. The van der Waals surface area contributed by atoms with Crippen molar-refractivity contribution in [2.75, 3.05) is 20.1 Å². The number of amides is 3. The summed E-state index contributed by atoms with van der Waals surface area (Å²) in [5, 5.41) is 11.5. The number of carbonyl (C=O) groups is 3. The van der Waals surface area contributed by atoms with Gasteiger partial charge < -0.3 is 37.3 Å². The van der Waals surface area contributed by atoms with E-state index in [4.69, 9.17) is 16.5 Å². The highest BCUT2D eigenvalue weighted by molar-refractivity contribution is 7.99. The fourth-order valence-corrected chi connectivity index (χ4v) is 7.51. The maximum absolute atomic E-state index is 14.4. The van der Waals surface area contributed by atoms with Crippen molar-refractivity contribution in [3.63, 3.8) is 0 Å². The molecule has 5 rings (SSSR count). The summed E-state index contributed by atoms with van der Waals surface area (Å²) in [6.07, 6.45) is 7.80. The Kier molecular flexibility index (Phi) is 13.4. The zero-order valence-electron chi connectivity index (χ0n) is 29.0. The third-order valence-electron chi connectivity index (χ3n) is 9.37. The van der Waals surface area contributed by atoms with Gasteiger partial charge in [-0.25, -0.2) is 4.98 Å². The van der Waals surface area contributed by atoms with Crippen LogP contribution in [0.5, 0.6) is 0 Å². The number of nitrogens with zero attached hydrogens (tertiary/aromatic N) is 2. The number of hydrogen-bond acceptors (Lipinski definition) is 8.